The van der Waals surface area contributed by atoms with Crippen molar-refractivity contribution in [1.29, 1.82) is 0 Å². The van der Waals surface area contributed by atoms with E-state index in [1.807, 2.05) is 31.3 Å². The van der Waals surface area contributed by atoms with Gasteiger partial charge in [-0.2, -0.15) is 4.98 Å². The van der Waals surface area contributed by atoms with Gasteiger partial charge in [-0.1, -0.05) is 17.3 Å². The van der Waals surface area contributed by atoms with Crippen LogP contribution in [0, 0.1) is 5.92 Å². The number of piperidine rings is 1. The number of hydrogen-bond donors (Lipinski definition) is 1. The van der Waals surface area contributed by atoms with Crippen LogP contribution in [-0.2, 0) is 6.42 Å². The Labute approximate surface area is 125 Å². The van der Waals surface area contributed by atoms with Gasteiger partial charge in [0.25, 0.3) is 5.89 Å². The Bertz CT molecular complexity index is 587. The van der Waals surface area contributed by atoms with Crippen LogP contribution in [0.15, 0.2) is 28.8 Å². The Balaban J connectivity index is 1.71. The summed E-state index contributed by atoms with van der Waals surface area (Å²) in [6.45, 7) is 2.33. The zero-order valence-electron chi connectivity index (χ0n) is 12.7. The van der Waals surface area contributed by atoms with Crippen LogP contribution in [0.3, 0.4) is 0 Å². The molecule has 1 N–H and O–H groups in total. The number of para-hydroxylation sites is 1. The summed E-state index contributed by atoms with van der Waals surface area (Å²) >= 11 is 0. The van der Waals surface area contributed by atoms with Crippen molar-refractivity contribution in [2.45, 2.75) is 19.3 Å². The highest BCUT2D eigenvalue weighted by Crippen LogP contribution is 2.27. The summed E-state index contributed by atoms with van der Waals surface area (Å²) in [5.41, 5.74) is 1.97. The standard InChI is InChI=1S/C16H22N4O/c1-17-14-6-4-3-5-13(14)16-18-15(19-21-16)11-12-7-9-20(2)10-8-12/h3-6,12,17H,7-11H2,1-2H3. The molecule has 3 rings (SSSR count). The number of anilines is 1. The molecule has 21 heavy (non-hydrogen) atoms. The first-order valence-electron chi connectivity index (χ1n) is 7.54. The molecule has 0 radical (unpaired) electrons. The van der Waals surface area contributed by atoms with Crippen molar-refractivity contribution < 1.29 is 4.52 Å². The fourth-order valence-electron chi connectivity index (χ4n) is 2.86. The lowest BCUT2D eigenvalue weighted by Crippen LogP contribution is -2.31. The molecule has 5 nitrogen and oxygen atoms in total. The second kappa shape index (κ2) is 6.26. The van der Waals surface area contributed by atoms with Crippen LogP contribution in [-0.4, -0.2) is 42.2 Å². The van der Waals surface area contributed by atoms with Gasteiger partial charge in [0.2, 0.25) is 0 Å². The molecule has 0 atom stereocenters. The smallest absolute Gasteiger partial charge is 0.260 e. The molecule has 0 bridgehead atoms. The van der Waals surface area contributed by atoms with Gasteiger partial charge >= 0.3 is 0 Å². The van der Waals surface area contributed by atoms with E-state index in [4.69, 9.17) is 4.52 Å². The van der Waals surface area contributed by atoms with Gasteiger partial charge in [0, 0.05) is 19.2 Å². The molecule has 0 spiro atoms. The molecule has 1 fully saturated rings. The van der Waals surface area contributed by atoms with Crippen LogP contribution in [0.5, 0.6) is 0 Å². The maximum absolute atomic E-state index is 5.44. The van der Waals surface area contributed by atoms with Gasteiger partial charge in [0.15, 0.2) is 5.82 Å². The van der Waals surface area contributed by atoms with E-state index in [0.717, 1.165) is 36.6 Å². The van der Waals surface area contributed by atoms with Crippen LogP contribution in [0.25, 0.3) is 11.5 Å². The van der Waals surface area contributed by atoms with E-state index in [1.165, 1.54) is 12.8 Å². The van der Waals surface area contributed by atoms with Gasteiger partial charge in [-0.05, 0) is 51.0 Å². The summed E-state index contributed by atoms with van der Waals surface area (Å²) in [6, 6.07) is 7.98. The molecule has 1 aromatic carbocycles. The average molecular weight is 286 g/mol. The van der Waals surface area contributed by atoms with Crippen molar-refractivity contribution in [2.75, 3.05) is 32.5 Å². The normalized spacial score (nSPS) is 17.0. The number of nitrogens with one attached hydrogen (secondary N) is 1. The van der Waals surface area contributed by atoms with E-state index in [0.29, 0.717) is 11.8 Å². The van der Waals surface area contributed by atoms with Crippen LogP contribution in [0.4, 0.5) is 5.69 Å². The van der Waals surface area contributed by atoms with Crippen LogP contribution >= 0.6 is 0 Å². The zero-order valence-corrected chi connectivity index (χ0v) is 12.7. The first-order chi connectivity index (χ1) is 10.3. The fourth-order valence-corrected chi connectivity index (χ4v) is 2.86. The van der Waals surface area contributed by atoms with Gasteiger partial charge < -0.3 is 14.7 Å². The van der Waals surface area contributed by atoms with Crippen molar-refractivity contribution in [3.63, 3.8) is 0 Å². The lowest BCUT2D eigenvalue weighted by atomic mass is 9.94. The Hall–Kier alpha value is -1.88. The van der Waals surface area contributed by atoms with Crippen LogP contribution in [0.2, 0.25) is 0 Å². The molecule has 1 aliphatic rings. The molecule has 0 unspecified atom stereocenters. The van der Waals surface area contributed by atoms with Crippen molar-refractivity contribution in [1.82, 2.24) is 15.0 Å². The highest BCUT2D eigenvalue weighted by Gasteiger charge is 2.20. The molecule has 1 aliphatic heterocycles. The largest absolute Gasteiger partial charge is 0.387 e. The molecule has 2 heterocycles. The summed E-state index contributed by atoms with van der Waals surface area (Å²) in [7, 11) is 4.08. The van der Waals surface area contributed by atoms with E-state index in [2.05, 4.69) is 27.4 Å². The third kappa shape index (κ3) is 3.24. The Kier molecular flexibility index (Phi) is 4.20. The van der Waals surface area contributed by atoms with E-state index >= 15 is 0 Å². The minimum absolute atomic E-state index is 0.600. The predicted octanol–water partition coefficient (Wildman–Crippen LogP) is 2.66. The average Bonchev–Trinajstić information content (AvgIpc) is 2.98. The van der Waals surface area contributed by atoms with Crippen LogP contribution in [0.1, 0.15) is 18.7 Å². The van der Waals surface area contributed by atoms with Gasteiger partial charge in [0.1, 0.15) is 0 Å². The van der Waals surface area contributed by atoms with Crippen molar-refractivity contribution in [3.05, 3.63) is 30.1 Å². The minimum atomic E-state index is 0.600. The van der Waals surface area contributed by atoms with E-state index < -0.39 is 0 Å². The van der Waals surface area contributed by atoms with Crippen molar-refractivity contribution >= 4 is 5.69 Å². The number of nitrogens with zero attached hydrogens (tertiary/aromatic N) is 3. The van der Waals surface area contributed by atoms with Gasteiger partial charge in [-0.3, -0.25) is 0 Å². The molecular weight excluding hydrogens is 264 g/mol. The summed E-state index contributed by atoms with van der Waals surface area (Å²) in [4.78, 5) is 6.95. The lowest BCUT2D eigenvalue weighted by molar-refractivity contribution is 0.216. The molecule has 5 heteroatoms. The number of benzene rings is 1. The van der Waals surface area contributed by atoms with E-state index in [9.17, 15) is 0 Å². The second-order valence-corrected chi connectivity index (χ2v) is 5.76. The van der Waals surface area contributed by atoms with Crippen molar-refractivity contribution in [2.24, 2.45) is 5.92 Å². The highest BCUT2D eigenvalue weighted by molar-refractivity contribution is 5.71. The lowest BCUT2D eigenvalue weighted by Gasteiger charge is -2.27. The molecule has 1 saturated heterocycles. The molecule has 0 aliphatic carbocycles. The quantitative estimate of drug-likeness (QED) is 0.936. The third-order valence-corrected chi connectivity index (χ3v) is 4.20. The third-order valence-electron chi connectivity index (χ3n) is 4.20. The van der Waals surface area contributed by atoms with E-state index in [1.54, 1.807) is 0 Å². The Morgan fingerprint density at radius 1 is 1.29 bits per heavy atom. The zero-order chi connectivity index (χ0) is 14.7. The maximum Gasteiger partial charge on any atom is 0.260 e. The summed E-state index contributed by atoms with van der Waals surface area (Å²) in [5, 5.41) is 7.31. The monoisotopic (exact) mass is 286 g/mol. The Morgan fingerprint density at radius 3 is 2.81 bits per heavy atom. The molecule has 0 saturated carbocycles. The first-order valence-corrected chi connectivity index (χ1v) is 7.54. The fraction of sp³-hybridized carbons (Fsp3) is 0.500. The summed E-state index contributed by atoms with van der Waals surface area (Å²) in [5.74, 6) is 2.10. The number of likely N-dealkylation sites (tertiary alicyclic amines) is 1. The maximum atomic E-state index is 5.44. The van der Waals surface area contributed by atoms with Gasteiger partial charge in [-0.25, -0.2) is 0 Å². The number of rotatable bonds is 4. The molecule has 112 valence electrons. The van der Waals surface area contributed by atoms with Gasteiger partial charge in [0.05, 0.1) is 5.56 Å². The topological polar surface area (TPSA) is 54.2 Å². The minimum Gasteiger partial charge on any atom is -0.387 e. The predicted molar refractivity (Wildman–Crippen MR) is 83.2 cm³/mol. The Morgan fingerprint density at radius 2 is 2.05 bits per heavy atom. The summed E-state index contributed by atoms with van der Waals surface area (Å²) < 4.78 is 5.44. The van der Waals surface area contributed by atoms with E-state index in [-0.39, 0.29) is 0 Å². The van der Waals surface area contributed by atoms with Gasteiger partial charge in [-0.15, -0.1) is 0 Å². The second-order valence-electron chi connectivity index (χ2n) is 5.76. The highest BCUT2D eigenvalue weighted by atomic mass is 16.5. The molecular formula is C16H22N4O. The number of aromatic nitrogens is 2. The van der Waals surface area contributed by atoms with Crippen molar-refractivity contribution in [3.8, 4) is 11.5 Å². The summed E-state index contributed by atoms with van der Waals surface area (Å²) in [6.07, 6.45) is 3.35. The SMILES string of the molecule is CNc1ccccc1-c1nc(CC2CCN(C)CC2)no1. The molecule has 2 aromatic rings. The molecule has 0 amide bonds. The molecule has 1 aromatic heterocycles. The van der Waals surface area contributed by atoms with Crippen LogP contribution < -0.4 is 5.32 Å². The number of hydrogen-bond acceptors (Lipinski definition) is 5. The first kappa shape index (κ1) is 14.1.